The van der Waals surface area contributed by atoms with Gasteiger partial charge in [-0.1, -0.05) is 12.1 Å². The van der Waals surface area contributed by atoms with Crippen molar-refractivity contribution in [3.63, 3.8) is 0 Å². The van der Waals surface area contributed by atoms with Gasteiger partial charge in [0.2, 0.25) is 5.91 Å². The van der Waals surface area contributed by atoms with Gasteiger partial charge in [-0.25, -0.2) is 0 Å². The van der Waals surface area contributed by atoms with E-state index in [-0.39, 0.29) is 5.91 Å². The molecule has 0 radical (unpaired) electrons. The lowest BCUT2D eigenvalue weighted by atomic mass is 10.2. The first kappa shape index (κ1) is 12.3. The summed E-state index contributed by atoms with van der Waals surface area (Å²) in [7, 11) is 1.66. The Kier molecular flexibility index (Phi) is 5.45. The predicted molar refractivity (Wildman–Crippen MR) is 70.9 cm³/mol. The van der Waals surface area contributed by atoms with E-state index >= 15 is 0 Å². The number of nitrogens with one attached hydrogen (secondary N) is 2. The third-order valence-corrected chi connectivity index (χ3v) is 2.99. The molecule has 0 aromatic heterocycles. The zero-order valence-corrected chi connectivity index (χ0v) is 10.9. The van der Waals surface area contributed by atoms with Crippen molar-refractivity contribution in [2.75, 3.05) is 18.9 Å². The molecule has 82 valence electrons. The minimum Gasteiger partial charge on any atom is -0.384 e. The maximum absolute atomic E-state index is 10.9. The Labute approximate surface area is 104 Å². The number of carbonyl (C=O) groups is 1. The van der Waals surface area contributed by atoms with Gasteiger partial charge in [-0.3, -0.25) is 4.79 Å². The summed E-state index contributed by atoms with van der Waals surface area (Å²) in [6.07, 6.45) is 1.43. The zero-order chi connectivity index (χ0) is 11.1. The van der Waals surface area contributed by atoms with E-state index in [4.69, 9.17) is 0 Å². The molecule has 0 spiro atoms. The zero-order valence-electron chi connectivity index (χ0n) is 8.72. The lowest BCUT2D eigenvalue weighted by Crippen LogP contribution is -2.18. The molecule has 1 amide bonds. The fourth-order valence-corrected chi connectivity index (χ4v) is 1.78. The Bertz CT molecular complexity index is 328. The van der Waals surface area contributed by atoms with E-state index < -0.39 is 0 Å². The monoisotopic (exact) mass is 318 g/mol. The van der Waals surface area contributed by atoms with E-state index in [1.54, 1.807) is 7.05 Å². The molecule has 1 rings (SSSR count). The Morgan fingerprint density at radius 1 is 1.40 bits per heavy atom. The van der Waals surface area contributed by atoms with Gasteiger partial charge in [0, 0.05) is 29.3 Å². The number of rotatable bonds is 5. The van der Waals surface area contributed by atoms with E-state index in [0.29, 0.717) is 6.42 Å². The summed E-state index contributed by atoms with van der Waals surface area (Å²) in [5, 5.41) is 5.91. The summed E-state index contributed by atoms with van der Waals surface area (Å²) in [5.41, 5.74) is 1.13. The number of amides is 1. The van der Waals surface area contributed by atoms with Crippen LogP contribution in [-0.4, -0.2) is 19.5 Å². The van der Waals surface area contributed by atoms with Crippen LogP contribution in [0, 0.1) is 3.57 Å². The molecular formula is C11H15IN2O. The molecule has 0 aliphatic heterocycles. The second-order valence-corrected chi connectivity index (χ2v) is 4.35. The topological polar surface area (TPSA) is 41.1 Å². The second kappa shape index (κ2) is 6.66. The number of anilines is 1. The number of halogens is 1. The van der Waals surface area contributed by atoms with Crippen LogP contribution >= 0.6 is 22.6 Å². The SMILES string of the molecule is CNC(=O)CCCNc1ccccc1I. The fraction of sp³-hybridized carbons (Fsp3) is 0.364. The van der Waals surface area contributed by atoms with Crippen molar-refractivity contribution in [2.45, 2.75) is 12.8 Å². The molecule has 0 saturated heterocycles. The van der Waals surface area contributed by atoms with Crippen molar-refractivity contribution >= 4 is 34.2 Å². The normalized spacial score (nSPS) is 9.73. The molecule has 0 fully saturated rings. The molecule has 0 unspecified atom stereocenters. The highest BCUT2D eigenvalue weighted by atomic mass is 127. The maximum Gasteiger partial charge on any atom is 0.219 e. The molecule has 2 N–H and O–H groups in total. The highest BCUT2D eigenvalue weighted by Gasteiger charge is 1.99. The minimum atomic E-state index is 0.0968. The smallest absolute Gasteiger partial charge is 0.219 e. The lowest BCUT2D eigenvalue weighted by Gasteiger charge is -2.07. The van der Waals surface area contributed by atoms with Gasteiger partial charge in [0.15, 0.2) is 0 Å². The molecule has 1 aromatic carbocycles. The molecule has 3 nitrogen and oxygen atoms in total. The minimum absolute atomic E-state index is 0.0968. The second-order valence-electron chi connectivity index (χ2n) is 3.18. The Morgan fingerprint density at radius 3 is 2.80 bits per heavy atom. The third kappa shape index (κ3) is 4.51. The van der Waals surface area contributed by atoms with Gasteiger partial charge in [0.05, 0.1) is 0 Å². The van der Waals surface area contributed by atoms with Gasteiger partial charge < -0.3 is 10.6 Å². The molecule has 0 aliphatic rings. The number of para-hydroxylation sites is 1. The fourth-order valence-electron chi connectivity index (χ4n) is 1.20. The van der Waals surface area contributed by atoms with Gasteiger partial charge in [-0.05, 0) is 41.1 Å². The summed E-state index contributed by atoms with van der Waals surface area (Å²) < 4.78 is 1.20. The first-order valence-electron chi connectivity index (χ1n) is 4.93. The number of carbonyl (C=O) groups excluding carboxylic acids is 1. The molecule has 1 aromatic rings. The van der Waals surface area contributed by atoms with Gasteiger partial charge >= 0.3 is 0 Å². The first-order valence-corrected chi connectivity index (χ1v) is 6.01. The molecule has 0 saturated carbocycles. The predicted octanol–water partition coefficient (Wildman–Crippen LogP) is 2.23. The molecular weight excluding hydrogens is 303 g/mol. The van der Waals surface area contributed by atoms with E-state index in [1.807, 2.05) is 18.2 Å². The van der Waals surface area contributed by atoms with Gasteiger partial charge in [-0.2, -0.15) is 0 Å². The van der Waals surface area contributed by atoms with Gasteiger partial charge in [0.1, 0.15) is 0 Å². The van der Waals surface area contributed by atoms with Crippen molar-refractivity contribution in [3.8, 4) is 0 Å². The van der Waals surface area contributed by atoms with E-state index in [2.05, 4.69) is 39.3 Å². The van der Waals surface area contributed by atoms with E-state index in [9.17, 15) is 4.79 Å². The summed E-state index contributed by atoms with van der Waals surface area (Å²) in [4.78, 5) is 10.9. The molecule has 0 heterocycles. The summed E-state index contributed by atoms with van der Waals surface area (Å²) >= 11 is 2.29. The molecule has 4 heteroatoms. The van der Waals surface area contributed by atoms with Crippen molar-refractivity contribution < 1.29 is 4.79 Å². The van der Waals surface area contributed by atoms with Crippen LogP contribution in [0.1, 0.15) is 12.8 Å². The summed E-state index contributed by atoms with van der Waals surface area (Å²) in [6, 6.07) is 8.12. The summed E-state index contributed by atoms with van der Waals surface area (Å²) in [6.45, 7) is 0.827. The average molecular weight is 318 g/mol. The molecule has 15 heavy (non-hydrogen) atoms. The van der Waals surface area contributed by atoms with Crippen LogP contribution < -0.4 is 10.6 Å². The van der Waals surface area contributed by atoms with Gasteiger partial charge in [0.25, 0.3) is 0 Å². The molecule has 0 bridgehead atoms. The van der Waals surface area contributed by atoms with Crippen LogP contribution in [0.4, 0.5) is 5.69 Å². The molecule has 0 aliphatic carbocycles. The molecule has 0 atom stereocenters. The standard InChI is InChI=1S/C11H15IN2O/c1-13-11(15)7-4-8-14-10-6-3-2-5-9(10)12/h2-3,5-6,14H,4,7-8H2,1H3,(H,13,15). The highest BCUT2D eigenvalue weighted by Crippen LogP contribution is 2.16. The Hall–Kier alpha value is -0.780. The van der Waals surface area contributed by atoms with E-state index in [1.165, 1.54) is 3.57 Å². The van der Waals surface area contributed by atoms with Crippen molar-refractivity contribution in [2.24, 2.45) is 0 Å². The number of hydrogen-bond donors (Lipinski definition) is 2. The van der Waals surface area contributed by atoms with Crippen molar-refractivity contribution in [3.05, 3.63) is 27.8 Å². The maximum atomic E-state index is 10.9. The Balaban J connectivity index is 2.26. The average Bonchev–Trinajstić information content (AvgIpc) is 2.26. The van der Waals surface area contributed by atoms with Crippen LogP contribution in [0.5, 0.6) is 0 Å². The number of hydrogen-bond acceptors (Lipinski definition) is 2. The summed E-state index contributed by atoms with van der Waals surface area (Å²) in [5.74, 6) is 0.0968. The first-order chi connectivity index (χ1) is 7.24. The largest absolute Gasteiger partial charge is 0.384 e. The quantitative estimate of drug-likeness (QED) is 0.646. The van der Waals surface area contributed by atoms with Gasteiger partial charge in [-0.15, -0.1) is 0 Å². The van der Waals surface area contributed by atoms with Crippen molar-refractivity contribution in [1.29, 1.82) is 0 Å². The van der Waals surface area contributed by atoms with Crippen LogP contribution in [0.3, 0.4) is 0 Å². The van der Waals surface area contributed by atoms with Crippen LogP contribution in [0.15, 0.2) is 24.3 Å². The van der Waals surface area contributed by atoms with Crippen molar-refractivity contribution in [1.82, 2.24) is 5.32 Å². The van der Waals surface area contributed by atoms with Crippen LogP contribution in [-0.2, 0) is 4.79 Å². The van der Waals surface area contributed by atoms with E-state index in [0.717, 1.165) is 18.7 Å². The van der Waals surface area contributed by atoms with Crippen LogP contribution in [0.2, 0.25) is 0 Å². The third-order valence-electron chi connectivity index (χ3n) is 2.05. The highest BCUT2D eigenvalue weighted by molar-refractivity contribution is 14.1. The number of benzene rings is 1. The Morgan fingerprint density at radius 2 is 2.13 bits per heavy atom. The lowest BCUT2D eigenvalue weighted by molar-refractivity contribution is -0.120. The van der Waals surface area contributed by atoms with Crippen LogP contribution in [0.25, 0.3) is 0 Å².